The fraction of sp³-hybridized carbons (Fsp3) is 0.667. The summed E-state index contributed by atoms with van der Waals surface area (Å²) in [4.78, 5) is 53.5. The van der Waals surface area contributed by atoms with E-state index in [1.807, 2.05) is 13.8 Å². The maximum absolute atomic E-state index is 13.7. The van der Waals surface area contributed by atoms with Crippen molar-refractivity contribution in [1.29, 1.82) is 0 Å². The number of carbonyl (C=O) groups excluding carboxylic acids is 4. The molecule has 0 bridgehead atoms. The van der Waals surface area contributed by atoms with Crippen LogP contribution in [0, 0.1) is 5.92 Å². The highest BCUT2D eigenvalue weighted by molar-refractivity contribution is 5.99. The number of nitrogens with one attached hydrogen (secondary N) is 2. The molecule has 10 N–H and O–H groups in total. The molecular weight excluding hydrogens is 590 g/mol. The monoisotopic (exact) mass is 637 g/mol. The Balaban J connectivity index is 1.68. The smallest absolute Gasteiger partial charge is 0.251 e. The fourth-order valence-corrected chi connectivity index (χ4v) is 5.46. The standard InChI is InChI=1S/C30H47N5O10/c1-16(2)14-20(26(32)40)34-28(42)21-7-5-13-35(21)29(43)19(6-3-4-12-31)33-27(41)17-8-10-18(11-9-17)44-30-25(39)24(38)23(37)22(15-36)45-30/h8-11,16,19-25,30,36-39H,3-7,12-15,31H2,1-2H3,(H2,32,40)(H,33,41)(H,34,42)/t19-,20-,21-,22+,23-,24-,25+,30+/m0/s1. The van der Waals surface area contributed by atoms with Gasteiger partial charge in [0.05, 0.1) is 6.61 Å². The van der Waals surface area contributed by atoms with Gasteiger partial charge >= 0.3 is 0 Å². The number of likely N-dealkylation sites (tertiary alicyclic amines) is 1. The van der Waals surface area contributed by atoms with E-state index in [4.69, 9.17) is 20.9 Å². The van der Waals surface area contributed by atoms with Crippen LogP contribution in [0.1, 0.15) is 62.7 Å². The minimum atomic E-state index is -1.61. The van der Waals surface area contributed by atoms with Crippen LogP contribution in [0.15, 0.2) is 24.3 Å². The molecule has 0 spiro atoms. The second-order valence-corrected chi connectivity index (χ2v) is 11.9. The first kappa shape index (κ1) is 36.1. The number of benzene rings is 1. The number of ether oxygens (including phenoxy) is 2. The molecule has 0 saturated carbocycles. The lowest BCUT2D eigenvalue weighted by Gasteiger charge is -2.39. The van der Waals surface area contributed by atoms with E-state index in [9.17, 15) is 39.6 Å². The van der Waals surface area contributed by atoms with Crippen molar-refractivity contribution in [3.05, 3.63) is 29.8 Å². The van der Waals surface area contributed by atoms with Gasteiger partial charge < -0.3 is 56.9 Å². The average Bonchev–Trinajstić information content (AvgIpc) is 3.50. The van der Waals surface area contributed by atoms with Crippen molar-refractivity contribution >= 4 is 23.6 Å². The zero-order valence-electron chi connectivity index (χ0n) is 25.7. The Bertz CT molecular complexity index is 1150. The highest BCUT2D eigenvalue weighted by Crippen LogP contribution is 2.25. The number of nitrogens with zero attached hydrogens (tertiary/aromatic N) is 1. The Morgan fingerprint density at radius 2 is 1.71 bits per heavy atom. The molecule has 0 unspecified atom stereocenters. The van der Waals surface area contributed by atoms with Crippen molar-refractivity contribution < 1.29 is 49.1 Å². The van der Waals surface area contributed by atoms with Gasteiger partial charge in [-0.1, -0.05) is 13.8 Å². The molecular formula is C30H47N5O10. The summed E-state index contributed by atoms with van der Waals surface area (Å²) >= 11 is 0. The lowest BCUT2D eigenvalue weighted by atomic mass is 9.99. The molecule has 2 aliphatic rings. The minimum absolute atomic E-state index is 0.111. The number of nitrogens with two attached hydrogens (primary N) is 2. The number of carbonyl (C=O) groups is 4. The van der Waals surface area contributed by atoms with Crippen molar-refractivity contribution in [3.63, 3.8) is 0 Å². The van der Waals surface area contributed by atoms with E-state index in [0.717, 1.165) is 0 Å². The van der Waals surface area contributed by atoms with Crippen LogP contribution >= 0.6 is 0 Å². The first-order chi connectivity index (χ1) is 21.4. The van der Waals surface area contributed by atoms with Gasteiger partial charge in [-0.15, -0.1) is 0 Å². The van der Waals surface area contributed by atoms with Crippen LogP contribution in [0.25, 0.3) is 0 Å². The number of primary amides is 1. The van der Waals surface area contributed by atoms with E-state index in [1.54, 1.807) is 0 Å². The van der Waals surface area contributed by atoms with Crippen molar-refractivity contribution in [3.8, 4) is 5.75 Å². The molecule has 2 heterocycles. The summed E-state index contributed by atoms with van der Waals surface area (Å²) in [6.07, 6.45) is -4.43. The van der Waals surface area contributed by atoms with Gasteiger partial charge in [-0.25, -0.2) is 0 Å². The van der Waals surface area contributed by atoms with Gasteiger partial charge in [0, 0.05) is 12.1 Å². The van der Waals surface area contributed by atoms with Gasteiger partial charge in [0.15, 0.2) is 0 Å². The predicted molar refractivity (Wildman–Crippen MR) is 160 cm³/mol. The zero-order chi connectivity index (χ0) is 33.3. The topological polar surface area (TPSA) is 247 Å². The molecule has 45 heavy (non-hydrogen) atoms. The third kappa shape index (κ3) is 9.58. The van der Waals surface area contributed by atoms with Gasteiger partial charge in [0.2, 0.25) is 24.0 Å². The maximum Gasteiger partial charge on any atom is 0.251 e. The first-order valence-corrected chi connectivity index (χ1v) is 15.4. The number of hydrogen-bond acceptors (Lipinski definition) is 11. The van der Waals surface area contributed by atoms with Crippen molar-refractivity contribution in [2.24, 2.45) is 17.4 Å². The zero-order valence-corrected chi connectivity index (χ0v) is 25.7. The SMILES string of the molecule is CC(C)C[C@H](NC(=O)[C@@H]1CCCN1C(=O)[C@H](CCCCN)NC(=O)c1ccc(O[C@@H]2O[C@H](CO)[C@H](O)[C@H](O)[C@H]2O)cc1)C(N)=O. The van der Waals surface area contributed by atoms with Crippen LogP contribution in [0.2, 0.25) is 0 Å². The van der Waals surface area contributed by atoms with Crippen molar-refractivity contribution in [2.45, 2.75) is 101 Å². The Hall–Kier alpha value is -3.34. The molecule has 2 saturated heterocycles. The number of aliphatic hydroxyl groups excluding tert-OH is 4. The lowest BCUT2D eigenvalue weighted by molar-refractivity contribution is -0.277. The Morgan fingerprint density at radius 3 is 2.31 bits per heavy atom. The molecule has 0 radical (unpaired) electrons. The Kier molecular flexibility index (Phi) is 13.5. The summed E-state index contributed by atoms with van der Waals surface area (Å²) in [6, 6.07) is 3.11. The maximum atomic E-state index is 13.7. The second kappa shape index (κ2) is 16.8. The quantitative estimate of drug-likeness (QED) is 0.0987. The van der Waals surface area contributed by atoms with Crippen molar-refractivity contribution in [2.75, 3.05) is 19.7 Å². The van der Waals surface area contributed by atoms with Crippen LogP contribution in [-0.2, 0) is 19.1 Å². The van der Waals surface area contributed by atoms with E-state index in [-0.39, 0.29) is 17.2 Å². The average molecular weight is 638 g/mol. The number of rotatable bonds is 15. The summed E-state index contributed by atoms with van der Waals surface area (Å²) in [5.74, 6) is -1.80. The third-order valence-corrected chi connectivity index (χ3v) is 7.97. The molecule has 252 valence electrons. The summed E-state index contributed by atoms with van der Waals surface area (Å²) in [6.45, 7) is 3.93. The molecule has 3 rings (SSSR count). The largest absolute Gasteiger partial charge is 0.462 e. The van der Waals surface area contributed by atoms with Crippen LogP contribution in [0.3, 0.4) is 0 Å². The van der Waals surface area contributed by atoms with E-state index < -0.39 is 79.1 Å². The van der Waals surface area contributed by atoms with Crippen molar-refractivity contribution in [1.82, 2.24) is 15.5 Å². The van der Waals surface area contributed by atoms with Crippen LogP contribution < -0.4 is 26.8 Å². The molecule has 2 fully saturated rings. The third-order valence-electron chi connectivity index (χ3n) is 7.97. The van der Waals surface area contributed by atoms with E-state index in [2.05, 4.69) is 10.6 Å². The predicted octanol–water partition coefficient (Wildman–Crippen LogP) is -1.90. The Labute approximate surface area is 262 Å². The summed E-state index contributed by atoms with van der Waals surface area (Å²) < 4.78 is 10.9. The lowest BCUT2D eigenvalue weighted by Crippen LogP contribution is -2.60. The van der Waals surface area contributed by atoms with Gasteiger partial charge in [-0.05, 0) is 75.3 Å². The molecule has 15 heteroatoms. The highest BCUT2D eigenvalue weighted by atomic mass is 16.7. The van der Waals surface area contributed by atoms with Crippen LogP contribution in [0.4, 0.5) is 0 Å². The molecule has 0 aliphatic carbocycles. The van der Waals surface area contributed by atoms with Gasteiger partial charge in [0.1, 0.15) is 48.3 Å². The summed E-state index contributed by atoms with van der Waals surface area (Å²) in [5.41, 5.74) is 11.3. The van der Waals surface area contributed by atoms with Gasteiger partial charge in [-0.2, -0.15) is 0 Å². The fourth-order valence-electron chi connectivity index (χ4n) is 5.46. The number of amides is 4. The van der Waals surface area contributed by atoms with E-state index >= 15 is 0 Å². The van der Waals surface area contributed by atoms with E-state index in [0.29, 0.717) is 51.6 Å². The van der Waals surface area contributed by atoms with Crippen LogP contribution in [0.5, 0.6) is 5.75 Å². The van der Waals surface area contributed by atoms with Gasteiger partial charge in [-0.3, -0.25) is 19.2 Å². The minimum Gasteiger partial charge on any atom is -0.462 e. The summed E-state index contributed by atoms with van der Waals surface area (Å²) in [5, 5.41) is 45.0. The molecule has 0 aromatic heterocycles. The second-order valence-electron chi connectivity index (χ2n) is 11.9. The number of unbranched alkanes of at least 4 members (excludes halogenated alkanes) is 1. The molecule has 1 aromatic carbocycles. The highest BCUT2D eigenvalue weighted by Gasteiger charge is 2.45. The normalized spacial score (nSPS) is 26.3. The molecule has 1 aromatic rings. The molecule has 2 aliphatic heterocycles. The van der Waals surface area contributed by atoms with Gasteiger partial charge in [0.25, 0.3) is 5.91 Å². The van der Waals surface area contributed by atoms with Crippen LogP contribution in [-0.4, -0.2) is 117 Å². The Morgan fingerprint density at radius 1 is 1.02 bits per heavy atom. The molecule has 15 nitrogen and oxygen atoms in total. The number of hydrogen-bond donors (Lipinski definition) is 8. The molecule has 4 amide bonds. The molecule has 8 atom stereocenters. The van der Waals surface area contributed by atoms with E-state index in [1.165, 1.54) is 29.2 Å². The number of aliphatic hydroxyl groups is 4. The first-order valence-electron chi connectivity index (χ1n) is 15.4. The summed E-state index contributed by atoms with van der Waals surface area (Å²) in [7, 11) is 0.